The van der Waals surface area contributed by atoms with Crippen LogP contribution in [0.2, 0.25) is 0 Å². The van der Waals surface area contributed by atoms with Crippen molar-refractivity contribution in [2.45, 2.75) is 16.0 Å². The summed E-state index contributed by atoms with van der Waals surface area (Å²) in [6.07, 6.45) is -4.33. The molecule has 1 aromatic heterocycles. The second-order valence-electron chi connectivity index (χ2n) is 5.86. The fraction of sp³-hybridized carbons (Fsp3) is 0.0476. The zero-order chi connectivity index (χ0) is 18.1. The van der Waals surface area contributed by atoms with Gasteiger partial charge in [-0.25, -0.2) is 0 Å². The third-order valence-corrected chi connectivity index (χ3v) is 5.26. The number of aromatic amines is 1. The number of alkyl halides is 3. The Balaban J connectivity index is 1.83. The molecule has 4 aromatic rings. The number of hydrogen-bond acceptors (Lipinski definition) is 1. The summed E-state index contributed by atoms with van der Waals surface area (Å²) in [5.74, 6) is 0. The number of H-pyrrole nitrogens is 1. The van der Waals surface area contributed by atoms with Crippen LogP contribution in [0, 0.1) is 0 Å². The molecule has 0 saturated heterocycles. The van der Waals surface area contributed by atoms with Crippen molar-refractivity contribution < 1.29 is 13.2 Å². The average Bonchev–Trinajstić information content (AvgIpc) is 3.01. The van der Waals surface area contributed by atoms with E-state index < -0.39 is 11.7 Å². The Bertz CT molecular complexity index is 1030. The predicted octanol–water partition coefficient (Wildman–Crippen LogP) is 7.00. The highest BCUT2D eigenvalue weighted by molar-refractivity contribution is 7.99. The molecule has 0 bridgehead atoms. The minimum Gasteiger partial charge on any atom is -0.354 e. The molecule has 0 radical (unpaired) electrons. The van der Waals surface area contributed by atoms with E-state index in [0.29, 0.717) is 0 Å². The van der Waals surface area contributed by atoms with E-state index in [-0.39, 0.29) is 0 Å². The summed E-state index contributed by atoms with van der Waals surface area (Å²) in [5.41, 5.74) is 1.87. The quantitative estimate of drug-likeness (QED) is 0.411. The first-order chi connectivity index (χ1) is 12.5. The molecule has 5 heteroatoms. The van der Waals surface area contributed by atoms with Gasteiger partial charge in [0.05, 0.1) is 11.3 Å². The second-order valence-corrected chi connectivity index (χ2v) is 6.95. The summed E-state index contributed by atoms with van der Waals surface area (Å²) in [6.45, 7) is 0. The summed E-state index contributed by atoms with van der Waals surface area (Å²) in [4.78, 5) is 5.44. The molecule has 0 aliphatic rings. The maximum absolute atomic E-state index is 12.8. The van der Waals surface area contributed by atoms with Gasteiger partial charge in [-0.15, -0.1) is 0 Å². The van der Waals surface area contributed by atoms with Gasteiger partial charge in [-0.2, -0.15) is 13.2 Å². The van der Waals surface area contributed by atoms with Crippen LogP contribution in [0.5, 0.6) is 0 Å². The molecule has 0 amide bonds. The van der Waals surface area contributed by atoms with Gasteiger partial charge in [-0.05, 0) is 35.9 Å². The van der Waals surface area contributed by atoms with E-state index in [1.807, 2.05) is 54.6 Å². The molecule has 0 unspecified atom stereocenters. The number of hydrogen-bond donors (Lipinski definition) is 1. The van der Waals surface area contributed by atoms with E-state index in [1.165, 1.54) is 12.1 Å². The first kappa shape index (κ1) is 16.8. The topological polar surface area (TPSA) is 15.8 Å². The van der Waals surface area contributed by atoms with Gasteiger partial charge >= 0.3 is 6.18 Å². The number of halogens is 3. The van der Waals surface area contributed by atoms with Gasteiger partial charge in [0, 0.05) is 20.7 Å². The van der Waals surface area contributed by atoms with Crippen molar-refractivity contribution in [2.75, 3.05) is 0 Å². The molecule has 26 heavy (non-hydrogen) atoms. The molecule has 4 rings (SSSR count). The SMILES string of the molecule is FC(F)(F)c1ccc(-c2[nH]c3ccccc3c2Sc2ccccc2)cc1. The summed E-state index contributed by atoms with van der Waals surface area (Å²) in [6, 6.07) is 23.1. The summed E-state index contributed by atoms with van der Waals surface area (Å²) in [7, 11) is 0. The summed E-state index contributed by atoms with van der Waals surface area (Å²) < 4.78 is 38.5. The second kappa shape index (κ2) is 6.57. The molecule has 0 saturated carbocycles. The first-order valence-electron chi connectivity index (χ1n) is 8.03. The van der Waals surface area contributed by atoms with Crippen LogP contribution in [-0.4, -0.2) is 4.98 Å². The van der Waals surface area contributed by atoms with Crippen molar-refractivity contribution >= 4 is 22.7 Å². The first-order valence-corrected chi connectivity index (χ1v) is 8.85. The lowest BCUT2D eigenvalue weighted by molar-refractivity contribution is -0.137. The zero-order valence-electron chi connectivity index (χ0n) is 13.5. The molecule has 1 N–H and O–H groups in total. The highest BCUT2D eigenvalue weighted by atomic mass is 32.2. The highest BCUT2D eigenvalue weighted by Gasteiger charge is 2.30. The van der Waals surface area contributed by atoms with E-state index in [9.17, 15) is 13.2 Å². The Labute approximate surface area is 152 Å². The number of fused-ring (bicyclic) bond motifs is 1. The van der Waals surface area contributed by atoms with Gasteiger partial charge in [0.25, 0.3) is 0 Å². The molecule has 3 aromatic carbocycles. The van der Waals surface area contributed by atoms with E-state index >= 15 is 0 Å². The van der Waals surface area contributed by atoms with Crippen molar-refractivity contribution in [3.63, 3.8) is 0 Å². The van der Waals surface area contributed by atoms with Crippen LogP contribution >= 0.6 is 11.8 Å². The van der Waals surface area contributed by atoms with Crippen molar-refractivity contribution in [1.29, 1.82) is 0 Å². The summed E-state index contributed by atoms with van der Waals surface area (Å²) in [5, 5.41) is 1.05. The van der Waals surface area contributed by atoms with Crippen molar-refractivity contribution in [3.05, 3.63) is 84.4 Å². The van der Waals surface area contributed by atoms with E-state index in [1.54, 1.807) is 11.8 Å². The average molecular weight is 369 g/mol. The molecule has 130 valence electrons. The Morgan fingerprint density at radius 2 is 1.38 bits per heavy atom. The molecule has 0 spiro atoms. The molecule has 0 aliphatic heterocycles. The van der Waals surface area contributed by atoms with E-state index in [0.717, 1.165) is 44.1 Å². The fourth-order valence-corrected chi connectivity index (χ4v) is 3.95. The predicted molar refractivity (Wildman–Crippen MR) is 99.3 cm³/mol. The van der Waals surface area contributed by atoms with Crippen LogP contribution in [0.4, 0.5) is 13.2 Å². The third-order valence-electron chi connectivity index (χ3n) is 4.12. The van der Waals surface area contributed by atoms with Gasteiger partial charge in [0.2, 0.25) is 0 Å². The number of nitrogens with one attached hydrogen (secondary N) is 1. The van der Waals surface area contributed by atoms with E-state index in [4.69, 9.17) is 0 Å². The largest absolute Gasteiger partial charge is 0.416 e. The molecular formula is C21H14F3NS. The van der Waals surface area contributed by atoms with Gasteiger partial charge < -0.3 is 4.98 Å². The number of aromatic nitrogens is 1. The summed E-state index contributed by atoms with van der Waals surface area (Å²) >= 11 is 1.60. The smallest absolute Gasteiger partial charge is 0.354 e. The van der Waals surface area contributed by atoms with Crippen LogP contribution in [0.3, 0.4) is 0 Å². The molecular weight excluding hydrogens is 355 g/mol. The molecule has 0 atom stereocenters. The number of rotatable bonds is 3. The van der Waals surface area contributed by atoms with Gasteiger partial charge in [-0.1, -0.05) is 60.3 Å². The molecule has 0 aliphatic carbocycles. The lowest BCUT2D eigenvalue weighted by Crippen LogP contribution is -2.04. The standard InChI is InChI=1S/C21H14F3NS/c22-21(23,24)15-12-10-14(11-13-15)19-20(26-16-6-2-1-3-7-16)17-8-4-5-9-18(17)25-19/h1-13,25H. The lowest BCUT2D eigenvalue weighted by atomic mass is 10.1. The molecule has 1 heterocycles. The minimum atomic E-state index is -4.33. The fourth-order valence-electron chi connectivity index (χ4n) is 2.86. The van der Waals surface area contributed by atoms with Crippen LogP contribution in [0.25, 0.3) is 22.2 Å². The van der Waals surface area contributed by atoms with Gasteiger partial charge in [0.1, 0.15) is 0 Å². The van der Waals surface area contributed by atoms with Crippen molar-refractivity contribution in [3.8, 4) is 11.3 Å². The monoisotopic (exact) mass is 369 g/mol. The Kier molecular flexibility index (Phi) is 4.24. The maximum atomic E-state index is 12.8. The van der Waals surface area contributed by atoms with Gasteiger partial charge in [-0.3, -0.25) is 0 Å². The normalized spacial score (nSPS) is 11.8. The lowest BCUT2D eigenvalue weighted by Gasteiger charge is -2.09. The number of para-hydroxylation sites is 1. The Hall–Kier alpha value is -2.66. The van der Waals surface area contributed by atoms with E-state index in [2.05, 4.69) is 4.98 Å². The molecule has 0 fully saturated rings. The van der Waals surface area contributed by atoms with Crippen molar-refractivity contribution in [1.82, 2.24) is 4.98 Å². The molecule has 1 nitrogen and oxygen atoms in total. The van der Waals surface area contributed by atoms with Crippen LogP contribution < -0.4 is 0 Å². The maximum Gasteiger partial charge on any atom is 0.416 e. The zero-order valence-corrected chi connectivity index (χ0v) is 14.4. The highest BCUT2D eigenvalue weighted by Crippen LogP contribution is 2.41. The number of benzene rings is 3. The van der Waals surface area contributed by atoms with Crippen molar-refractivity contribution in [2.24, 2.45) is 0 Å². The Morgan fingerprint density at radius 1 is 0.731 bits per heavy atom. The van der Waals surface area contributed by atoms with Crippen LogP contribution in [-0.2, 0) is 6.18 Å². The van der Waals surface area contributed by atoms with Gasteiger partial charge in [0.15, 0.2) is 0 Å². The minimum absolute atomic E-state index is 0.644. The van der Waals surface area contributed by atoms with Crippen LogP contribution in [0.1, 0.15) is 5.56 Å². The van der Waals surface area contributed by atoms with Crippen LogP contribution in [0.15, 0.2) is 88.7 Å². The Morgan fingerprint density at radius 3 is 2.08 bits per heavy atom. The third kappa shape index (κ3) is 3.22.